The Kier molecular flexibility index (Phi) is 4.34. The summed E-state index contributed by atoms with van der Waals surface area (Å²) in [6.45, 7) is 1.09. The molecule has 0 radical (unpaired) electrons. The first-order chi connectivity index (χ1) is 10.6. The Morgan fingerprint density at radius 2 is 2.18 bits per heavy atom. The second-order valence-electron chi connectivity index (χ2n) is 5.72. The largest absolute Gasteiger partial charge is 0.495 e. The van der Waals surface area contributed by atoms with Crippen LogP contribution in [0.2, 0.25) is 5.02 Å². The Bertz CT molecular complexity index is 582. The second kappa shape index (κ2) is 6.24. The summed E-state index contributed by atoms with van der Waals surface area (Å²) >= 11 is 6.32. The average Bonchev–Trinajstić information content (AvgIpc) is 3.30. The molecular formula is C16H19ClO5. The summed E-state index contributed by atoms with van der Waals surface area (Å²) in [5, 5.41) is 9.70. The molecule has 0 spiro atoms. The van der Waals surface area contributed by atoms with E-state index in [0.29, 0.717) is 41.4 Å². The van der Waals surface area contributed by atoms with E-state index in [1.165, 1.54) is 0 Å². The van der Waals surface area contributed by atoms with Crippen LogP contribution in [0.25, 0.3) is 0 Å². The Morgan fingerprint density at radius 1 is 1.45 bits per heavy atom. The Hall–Kier alpha value is -1.62. The number of hydrogen-bond donors (Lipinski definition) is 1. The van der Waals surface area contributed by atoms with Crippen molar-refractivity contribution in [1.29, 1.82) is 0 Å². The van der Waals surface area contributed by atoms with Crippen molar-refractivity contribution in [3.8, 4) is 17.2 Å². The summed E-state index contributed by atoms with van der Waals surface area (Å²) in [5.74, 6) is 1.01. The quantitative estimate of drug-likeness (QED) is 0.897. The van der Waals surface area contributed by atoms with E-state index in [1.807, 2.05) is 0 Å². The van der Waals surface area contributed by atoms with Crippen molar-refractivity contribution in [2.75, 3.05) is 20.3 Å². The SMILES string of the molecule is COc1c(Cl)cc2c(c1C(CC(=O)O)C1CC1)OCCCO2. The molecule has 1 unspecified atom stereocenters. The van der Waals surface area contributed by atoms with Crippen LogP contribution in [0, 0.1) is 5.92 Å². The number of methoxy groups -OCH3 is 1. The zero-order valence-corrected chi connectivity index (χ0v) is 13.2. The van der Waals surface area contributed by atoms with Crippen molar-refractivity contribution in [3.63, 3.8) is 0 Å². The molecule has 0 saturated heterocycles. The van der Waals surface area contributed by atoms with E-state index in [1.54, 1.807) is 13.2 Å². The number of ether oxygens (including phenoxy) is 3. The molecule has 22 heavy (non-hydrogen) atoms. The van der Waals surface area contributed by atoms with E-state index in [4.69, 9.17) is 25.8 Å². The lowest BCUT2D eigenvalue weighted by molar-refractivity contribution is -0.137. The van der Waals surface area contributed by atoms with Crippen molar-refractivity contribution >= 4 is 17.6 Å². The molecule has 1 fully saturated rings. The molecule has 120 valence electrons. The van der Waals surface area contributed by atoms with Crippen LogP contribution < -0.4 is 14.2 Å². The number of rotatable bonds is 5. The summed E-state index contributed by atoms with van der Waals surface area (Å²) in [5.41, 5.74) is 0.747. The highest BCUT2D eigenvalue weighted by molar-refractivity contribution is 6.32. The summed E-state index contributed by atoms with van der Waals surface area (Å²) in [6, 6.07) is 1.69. The maximum absolute atomic E-state index is 11.3. The number of halogens is 1. The fourth-order valence-corrected chi connectivity index (χ4v) is 3.30. The first-order valence-corrected chi connectivity index (χ1v) is 7.87. The molecule has 1 aliphatic heterocycles. The first kappa shape index (κ1) is 15.3. The van der Waals surface area contributed by atoms with Crippen molar-refractivity contribution in [2.24, 2.45) is 5.92 Å². The Labute approximate surface area is 134 Å². The van der Waals surface area contributed by atoms with E-state index in [9.17, 15) is 9.90 Å². The summed E-state index contributed by atoms with van der Waals surface area (Å²) < 4.78 is 17.0. The van der Waals surface area contributed by atoms with Crippen LogP contribution in [0.5, 0.6) is 17.2 Å². The fraction of sp³-hybridized carbons (Fsp3) is 0.562. The van der Waals surface area contributed by atoms with Crippen molar-refractivity contribution in [1.82, 2.24) is 0 Å². The normalized spacial score (nSPS) is 18.5. The van der Waals surface area contributed by atoms with Gasteiger partial charge in [0.2, 0.25) is 0 Å². The molecule has 0 bridgehead atoms. The number of carboxylic acids is 1. The third-order valence-corrected chi connectivity index (χ3v) is 4.42. The minimum absolute atomic E-state index is 0.0389. The molecule has 6 heteroatoms. The van der Waals surface area contributed by atoms with Gasteiger partial charge in [-0.3, -0.25) is 4.79 Å². The average molecular weight is 327 g/mol. The number of aliphatic carboxylic acids is 1. The topological polar surface area (TPSA) is 65.0 Å². The van der Waals surface area contributed by atoms with Crippen LogP contribution in [-0.4, -0.2) is 31.4 Å². The highest BCUT2D eigenvalue weighted by atomic mass is 35.5. The van der Waals surface area contributed by atoms with Crippen LogP contribution in [0.15, 0.2) is 6.07 Å². The van der Waals surface area contributed by atoms with Crippen LogP contribution in [-0.2, 0) is 4.79 Å². The summed E-state index contributed by atoms with van der Waals surface area (Å²) in [7, 11) is 1.54. The molecule has 5 nitrogen and oxygen atoms in total. The molecule has 0 amide bonds. The lowest BCUT2D eigenvalue weighted by Gasteiger charge is -2.23. The smallest absolute Gasteiger partial charge is 0.303 e. The van der Waals surface area contributed by atoms with Gasteiger partial charge in [-0.1, -0.05) is 11.6 Å². The van der Waals surface area contributed by atoms with Gasteiger partial charge in [0.15, 0.2) is 11.5 Å². The first-order valence-electron chi connectivity index (χ1n) is 7.49. The summed E-state index contributed by atoms with van der Waals surface area (Å²) in [6.07, 6.45) is 2.85. The standard InChI is InChI=1S/C16H19ClO5/c1-20-15-11(17)8-12-16(22-6-2-5-21-12)14(15)10(7-13(18)19)9-3-4-9/h8-10H,2-7H2,1H3,(H,18,19). The fourth-order valence-electron chi connectivity index (χ4n) is 3.02. The second-order valence-corrected chi connectivity index (χ2v) is 6.13. The predicted octanol–water partition coefficient (Wildman–Crippen LogP) is 3.48. The molecule has 1 aliphatic carbocycles. The third kappa shape index (κ3) is 2.95. The number of carbonyl (C=O) groups is 1. The molecule has 1 aromatic carbocycles. The van der Waals surface area contributed by atoms with Crippen molar-refractivity contribution in [3.05, 3.63) is 16.7 Å². The van der Waals surface area contributed by atoms with Gasteiger partial charge >= 0.3 is 5.97 Å². The number of hydrogen-bond acceptors (Lipinski definition) is 4. The van der Waals surface area contributed by atoms with E-state index in [0.717, 1.165) is 24.8 Å². The third-order valence-electron chi connectivity index (χ3n) is 4.14. The van der Waals surface area contributed by atoms with Gasteiger partial charge in [0.1, 0.15) is 5.75 Å². The van der Waals surface area contributed by atoms with Gasteiger partial charge in [0, 0.05) is 24.0 Å². The lowest BCUT2D eigenvalue weighted by Crippen LogP contribution is -2.12. The van der Waals surface area contributed by atoms with Gasteiger partial charge in [-0.15, -0.1) is 0 Å². The highest BCUT2D eigenvalue weighted by Gasteiger charge is 2.39. The Balaban J connectivity index is 2.13. The number of carboxylic acid groups (broad SMARTS) is 1. The minimum atomic E-state index is -0.831. The molecule has 1 N–H and O–H groups in total. The van der Waals surface area contributed by atoms with Gasteiger partial charge in [-0.25, -0.2) is 0 Å². The summed E-state index contributed by atoms with van der Waals surface area (Å²) in [4.78, 5) is 11.3. The molecule has 1 saturated carbocycles. The molecule has 1 atom stereocenters. The van der Waals surface area contributed by atoms with Crippen LogP contribution in [0.4, 0.5) is 0 Å². The van der Waals surface area contributed by atoms with Gasteiger partial charge in [-0.05, 0) is 18.8 Å². The van der Waals surface area contributed by atoms with Gasteiger partial charge in [-0.2, -0.15) is 0 Å². The van der Waals surface area contributed by atoms with Crippen LogP contribution in [0.3, 0.4) is 0 Å². The number of benzene rings is 1. The minimum Gasteiger partial charge on any atom is -0.495 e. The zero-order chi connectivity index (χ0) is 15.7. The van der Waals surface area contributed by atoms with Gasteiger partial charge < -0.3 is 19.3 Å². The number of fused-ring (bicyclic) bond motifs is 1. The maximum Gasteiger partial charge on any atom is 0.303 e. The molecule has 1 heterocycles. The van der Waals surface area contributed by atoms with E-state index in [-0.39, 0.29) is 12.3 Å². The van der Waals surface area contributed by atoms with Gasteiger partial charge in [0.25, 0.3) is 0 Å². The van der Waals surface area contributed by atoms with Crippen LogP contribution in [0.1, 0.15) is 37.2 Å². The predicted molar refractivity (Wildman–Crippen MR) is 81.3 cm³/mol. The van der Waals surface area contributed by atoms with Crippen molar-refractivity contribution in [2.45, 2.75) is 31.6 Å². The Morgan fingerprint density at radius 3 is 2.82 bits per heavy atom. The van der Waals surface area contributed by atoms with Crippen LogP contribution >= 0.6 is 11.6 Å². The molecule has 2 aliphatic rings. The van der Waals surface area contributed by atoms with E-state index >= 15 is 0 Å². The monoisotopic (exact) mass is 326 g/mol. The van der Waals surface area contributed by atoms with Gasteiger partial charge in [0.05, 0.1) is 31.8 Å². The van der Waals surface area contributed by atoms with Crippen molar-refractivity contribution < 1.29 is 24.1 Å². The maximum atomic E-state index is 11.3. The molecule has 0 aromatic heterocycles. The van der Waals surface area contributed by atoms with E-state index < -0.39 is 5.97 Å². The molecule has 1 aromatic rings. The van der Waals surface area contributed by atoms with E-state index in [2.05, 4.69) is 0 Å². The zero-order valence-electron chi connectivity index (χ0n) is 12.4. The lowest BCUT2D eigenvalue weighted by atomic mass is 9.89. The highest BCUT2D eigenvalue weighted by Crippen LogP contribution is 2.54. The molecular weight excluding hydrogens is 308 g/mol. The molecule has 3 rings (SSSR count).